The zero-order valence-corrected chi connectivity index (χ0v) is 17.3. The molecule has 1 aromatic carbocycles. The number of hydrogen-bond acceptors (Lipinski definition) is 5. The van der Waals surface area contributed by atoms with Gasteiger partial charge in [0, 0.05) is 13.0 Å². The number of nitrogens with zero attached hydrogens (tertiary/aromatic N) is 2. The van der Waals surface area contributed by atoms with Crippen LogP contribution in [0, 0.1) is 13.8 Å². The van der Waals surface area contributed by atoms with E-state index in [9.17, 15) is 4.79 Å². The van der Waals surface area contributed by atoms with Crippen molar-refractivity contribution in [1.29, 1.82) is 0 Å². The molecule has 0 spiro atoms. The van der Waals surface area contributed by atoms with E-state index in [1.54, 1.807) is 0 Å². The second-order valence-corrected chi connectivity index (χ2v) is 8.33. The van der Waals surface area contributed by atoms with E-state index in [0.717, 1.165) is 41.2 Å². The van der Waals surface area contributed by atoms with Gasteiger partial charge in [0.2, 0.25) is 0 Å². The molecule has 4 heterocycles. The molecule has 158 valence electrons. The Morgan fingerprint density at radius 2 is 2.13 bits per heavy atom. The first kappa shape index (κ1) is 19.3. The normalized spacial score (nSPS) is 23.0. The van der Waals surface area contributed by atoms with Crippen LogP contribution in [0.25, 0.3) is 0 Å². The van der Waals surface area contributed by atoms with E-state index in [1.165, 1.54) is 5.56 Å². The maximum absolute atomic E-state index is 15.1. The number of nitrogens with one attached hydrogen (secondary N) is 1. The minimum absolute atomic E-state index is 0.0735. The summed E-state index contributed by atoms with van der Waals surface area (Å²) in [5, 5.41) is 2.82. The first-order valence-corrected chi connectivity index (χ1v) is 10.5. The molecule has 2 aromatic rings. The van der Waals surface area contributed by atoms with Gasteiger partial charge in [-0.15, -0.1) is 0 Å². The summed E-state index contributed by atoms with van der Waals surface area (Å²) >= 11 is 0. The molecule has 0 bridgehead atoms. The highest BCUT2D eigenvalue weighted by molar-refractivity contribution is 5.99. The van der Waals surface area contributed by atoms with Gasteiger partial charge in [-0.1, -0.05) is 6.07 Å². The van der Waals surface area contributed by atoms with Crippen molar-refractivity contribution in [1.82, 2.24) is 10.3 Å². The maximum atomic E-state index is 15.1. The molecule has 7 heteroatoms. The number of amides is 1. The third-order valence-corrected chi connectivity index (χ3v) is 6.47. The molecule has 1 amide bonds. The number of carbonyl (C=O) groups is 1. The molecule has 6 nitrogen and oxygen atoms in total. The molecular formula is C23H26FN3O3. The number of piperidine rings is 1. The van der Waals surface area contributed by atoms with E-state index in [2.05, 4.69) is 11.4 Å². The van der Waals surface area contributed by atoms with Gasteiger partial charge >= 0.3 is 0 Å². The van der Waals surface area contributed by atoms with Gasteiger partial charge in [-0.3, -0.25) is 4.79 Å². The average Bonchev–Trinajstić information content (AvgIpc) is 3.13. The van der Waals surface area contributed by atoms with Crippen LogP contribution < -0.4 is 15.0 Å². The van der Waals surface area contributed by atoms with Crippen LogP contribution >= 0.6 is 0 Å². The highest BCUT2D eigenvalue weighted by Gasteiger charge is 2.34. The molecule has 1 saturated heterocycles. The van der Waals surface area contributed by atoms with Crippen LogP contribution in [0.3, 0.4) is 0 Å². The van der Waals surface area contributed by atoms with Gasteiger partial charge in [-0.05, 0) is 54.7 Å². The predicted molar refractivity (Wildman–Crippen MR) is 111 cm³/mol. The number of ether oxygens (including phenoxy) is 2. The van der Waals surface area contributed by atoms with Gasteiger partial charge in [0.25, 0.3) is 5.91 Å². The molecule has 3 aliphatic heterocycles. The molecule has 1 unspecified atom stereocenters. The third-order valence-electron chi connectivity index (χ3n) is 6.47. The lowest BCUT2D eigenvalue weighted by Gasteiger charge is -2.36. The molecule has 3 aliphatic rings. The number of aromatic nitrogens is 1. The number of fused-ring (bicyclic) bond motifs is 2. The zero-order valence-electron chi connectivity index (χ0n) is 17.3. The van der Waals surface area contributed by atoms with E-state index in [4.69, 9.17) is 14.5 Å². The second-order valence-electron chi connectivity index (χ2n) is 8.33. The van der Waals surface area contributed by atoms with Gasteiger partial charge in [0.15, 0.2) is 6.17 Å². The summed E-state index contributed by atoms with van der Waals surface area (Å²) in [4.78, 5) is 18.7. The Bertz CT molecular complexity index is 1010. The first-order valence-electron chi connectivity index (χ1n) is 10.5. The summed E-state index contributed by atoms with van der Waals surface area (Å²) in [7, 11) is 0. The Balaban J connectivity index is 1.31. The fraction of sp³-hybridized carbons (Fsp3) is 0.478. The van der Waals surface area contributed by atoms with Crippen molar-refractivity contribution in [3.8, 4) is 5.75 Å². The smallest absolute Gasteiger partial charge is 0.253 e. The number of hydrogen-bond donors (Lipinski definition) is 1. The highest BCUT2D eigenvalue weighted by atomic mass is 19.1. The van der Waals surface area contributed by atoms with E-state index in [0.29, 0.717) is 37.4 Å². The van der Waals surface area contributed by atoms with Crippen LogP contribution in [-0.4, -0.2) is 42.9 Å². The first-order chi connectivity index (χ1) is 14.5. The van der Waals surface area contributed by atoms with Gasteiger partial charge in [0.1, 0.15) is 17.7 Å². The summed E-state index contributed by atoms with van der Waals surface area (Å²) < 4.78 is 26.6. The fourth-order valence-electron chi connectivity index (χ4n) is 4.63. The average molecular weight is 411 g/mol. The van der Waals surface area contributed by atoms with Crippen molar-refractivity contribution in [2.45, 2.75) is 52.1 Å². The summed E-state index contributed by atoms with van der Waals surface area (Å²) in [6.45, 7) is 6.55. The van der Waals surface area contributed by atoms with Crippen molar-refractivity contribution >= 4 is 11.7 Å². The number of rotatable bonds is 3. The van der Waals surface area contributed by atoms with Crippen molar-refractivity contribution < 1.29 is 18.7 Å². The number of carbonyl (C=O) groups excluding carboxylic acids is 1. The summed E-state index contributed by atoms with van der Waals surface area (Å²) in [5.74, 6) is 1.40. The van der Waals surface area contributed by atoms with Crippen LogP contribution in [0.1, 0.15) is 44.7 Å². The number of alkyl halides is 1. The third kappa shape index (κ3) is 3.31. The largest absolute Gasteiger partial charge is 0.487 e. The molecule has 1 aromatic heterocycles. The van der Waals surface area contributed by atoms with Crippen molar-refractivity contribution in [2.75, 3.05) is 24.6 Å². The van der Waals surface area contributed by atoms with E-state index >= 15 is 4.39 Å². The van der Waals surface area contributed by atoms with Crippen molar-refractivity contribution in [3.63, 3.8) is 0 Å². The van der Waals surface area contributed by atoms with Gasteiger partial charge in [0.05, 0.1) is 37.6 Å². The molecular weight excluding hydrogens is 385 g/mol. The van der Waals surface area contributed by atoms with Crippen molar-refractivity contribution in [3.05, 3.63) is 51.7 Å². The molecule has 2 atom stereocenters. The number of pyridine rings is 1. The Morgan fingerprint density at radius 3 is 2.97 bits per heavy atom. The number of anilines is 1. The van der Waals surface area contributed by atoms with Crippen LogP contribution in [0.4, 0.5) is 10.2 Å². The highest BCUT2D eigenvalue weighted by Crippen LogP contribution is 2.32. The quantitative estimate of drug-likeness (QED) is 0.841. The van der Waals surface area contributed by atoms with Gasteiger partial charge in [-0.2, -0.15) is 0 Å². The number of benzene rings is 1. The molecule has 30 heavy (non-hydrogen) atoms. The minimum atomic E-state index is -1.12. The molecule has 1 N–H and O–H groups in total. The molecule has 0 radical (unpaired) electrons. The zero-order chi connectivity index (χ0) is 20.8. The topological polar surface area (TPSA) is 63.7 Å². The van der Waals surface area contributed by atoms with E-state index < -0.39 is 12.3 Å². The lowest BCUT2D eigenvalue weighted by molar-refractivity contribution is 0.0806. The van der Waals surface area contributed by atoms with Crippen LogP contribution in [-0.2, 0) is 24.3 Å². The number of halogens is 1. The monoisotopic (exact) mass is 411 g/mol. The molecule has 1 fully saturated rings. The summed E-state index contributed by atoms with van der Waals surface area (Å²) in [6, 6.07) is 5.97. The van der Waals surface area contributed by atoms with E-state index in [-0.39, 0.29) is 12.5 Å². The Morgan fingerprint density at radius 1 is 1.27 bits per heavy atom. The Hall–Kier alpha value is -2.67. The lowest BCUT2D eigenvalue weighted by Crippen LogP contribution is -2.47. The molecule has 5 rings (SSSR count). The van der Waals surface area contributed by atoms with Crippen LogP contribution in [0.5, 0.6) is 5.75 Å². The summed E-state index contributed by atoms with van der Waals surface area (Å²) in [5.41, 5.74) is 5.69. The standard InChI is InChI=1S/C23H26FN3O3/c1-13-14(2)22(26-19-10-25-23(28)21(13)19)27-7-5-20(18(24)11-27)30-17-4-3-15-6-8-29-12-16(15)9-17/h3-4,9,18,20H,5-8,10-12H2,1-2H3,(H,25,28)/t18-,20?/m0/s1. The molecule has 0 aliphatic carbocycles. The minimum Gasteiger partial charge on any atom is -0.487 e. The second kappa shape index (κ2) is 7.54. The maximum Gasteiger partial charge on any atom is 0.253 e. The Labute approximate surface area is 175 Å². The molecule has 0 saturated carbocycles. The van der Waals surface area contributed by atoms with Gasteiger partial charge < -0.3 is 19.7 Å². The predicted octanol–water partition coefficient (Wildman–Crippen LogP) is 3.01. The van der Waals surface area contributed by atoms with E-state index in [1.807, 2.05) is 30.9 Å². The summed E-state index contributed by atoms with van der Waals surface area (Å²) in [6.07, 6.45) is -0.125. The van der Waals surface area contributed by atoms with Crippen molar-refractivity contribution in [2.24, 2.45) is 0 Å². The fourth-order valence-corrected chi connectivity index (χ4v) is 4.63. The van der Waals surface area contributed by atoms with Crippen LogP contribution in [0.15, 0.2) is 18.2 Å². The Kier molecular flexibility index (Phi) is 4.85. The lowest BCUT2D eigenvalue weighted by atomic mass is 10.0. The van der Waals surface area contributed by atoms with Gasteiger partial charge in [-0.25, -0.2) is 9.37 Å². The SMILES string of the molecule is Cc1c(N2CCC(Oc3ccc4c(c3)COCC4)[C@@H](F)C2)nc2c(c1C)C(=O)NC2. The van der Waals surface area contributed by atoms with Crippen LogP contribution in [0.2, 0.25) is 0 Å².